The SMILES string of the molecule is CCSc1ccc(Cc2nnc(NC(=O)CCSc3ccc(C)cc3)o2)cc1. The quantitative estimate of drug-likeness (QED) is 0.486. The average molecular weight is 414 g/mol. The summed E-state index contributed by atoms with van der Waals surface area (Å²) in [5, 5.41) is 10.6. The number of hydrogen-bond donors (Lipinski definition) is 1. The van der Waals surface area contributed by atoms with E-state index in [0.717, 1.165) is 16.2 Å². The highest BCUT2D eigenvalue weighted by molar-refractivity contribution is 7.99. The van der Waals surface area contributed by atoms with Crippen LogP contribution < -0.4 is 5.32 Å². The highest BCUT2D eigenvalue weighted by Gasteiger charge is 2.10. The number of rotatable bonds is 9. The van der Waals surface area contributed by atoms with E-state index in [1.807, 2.05) is 0 Å². The molecule has 0 saturated carbocycles. The van der Waals surface area contributed by atoms with E-state index in [4.69, 9.17) is 4.42 Å². The van der Waals surface area contributed by atoms with Crippen LogP contribution in [0.1, 0.15) is 30.4 Å². The zero-order chi connectivity index (χ0) is 19.8. The van der Waals surface area contributed by atoms with Crippen LogP contribution in [0, 0.1) is 6.92 Å². The molecule has 3 rings (SSSR count). The maximum Gasteiger partial charge on any atom is 0.322 e. The predicted octanol–water partition coefficient (Wildman–Crippen LogP) is 5.20. The van der Waals surface area contributed by atoms with Crippen LogP contribution >= 0.6 is 23.5 Å². The zero-order valence-electron chi connectivity index (χ0n) is 16.0. The summed E-state index contributed by atoms with van der Waals surface area (Å²) >= 11 is 3.46. The lowest BCUT2D eigenvalue weighted by molar-refractivity contribution is -0.115. The van der Waals surface area contributed by atoms with E-state index in [-0.39, 0.29) is 11.9 Å². The number of carbonyl (C=O) groups excluding carboxylic acids is 1. The Morgan fingerprint density at radius 2 is 1.68 bits per heavy atom. The second-order valence-corrected chi connectivity index (χ2v) is 8.72. The van der Waals surface area contributed by atoms with Gasteiger partial charge in [-0.1, -0.05) is 41.9 Å². The van der Waals surface area contributed by atoms with Gasteiger partial charge in [0.2, 0.25) is 11.8 Å². The molecule has 146 valence electrons. The molecule has 0 aliphatic heterocycles. The molecule has 0 radical (unpaired) electrons. The lowest BCUT2D eigenvalue weighted by Crippen LogP contribution is -2.12. The molecule has 28 heavy (non-hydrogen) atoms. The van der Waals surface area contributed by atoms with E-state index >= 15 is 0 Å². The van der Waals surface area contributed by atoms with E-state index in [1.54, 1.807) is 23.5 Å². The number of amides is 1. The fourth-order valence-electron chi connectivity index (χ4n) is 2.50. The van der Waals surface area contributed by atoms with E-state index in [2.05, 4.69) is 77.9 Å². The first-order chi connectivity index (χ1) is 13.6. The second kappa shape index (κ2) is 10.3. The number of thioether (sulfide) groups is 2. The van der Waals surface area contributed by atoms with Crippen LogP contribution in [-0.2, 0) is 11.2 Å². The van der Waals surface area contributed by atoms with Gasteiger partial charge in [0.1, 0.15) is 0 Å². The number of carbonyl (C=O) groups is 1. The first kappa shape index (κ1) is 20.5. The lowest BCUT2D eigenvalue weighted by Gasteiger charge is -2.02. The monoisotopic (exact) mass is 413 g/mol. The van der Waals surface area contributed by atoms with Crippen molar-refractivity contribution in [2.24, 2.45) is 0 Å². The van der Waals surface area contributed by atoms with Gasteiger partial charge in [0, 0.05) is 22.0 Å². The van der Waals surface area contributed by atoms with Crippen LogP contribution in [0.4, 0.5) is 6.01 Å². The van der Waals surface area contributed by atoms with Crippen LogP contribution in [0.25, 0.3) is 0 Å². The molecule has 0 aliphatic carbocycles. The van der Waals surface area contributed by atoms with Gasteiger partial charge in [0.25, 0.3) is 0 Å². The molecule has 1 N–H and O–H groups in total. The fraction of sp³-hybridized carbons (Fsp3) is 0.286. The normalized spacial score (nSPS) is 10.8. The Kier molecular flexibility index (Phi) is 7.56. The Morgan fingerprint density at radius 3 is 2.39 bits per heavy atom. The Morgan fingerprint density at radius 1 is 1.00 bits per heavy atom. The Bertz CT molecular complexity index is 893. The van der Waals surface area contributed by atoms with Crippen LogP contribution in [-0.4, -0.2) is 27.6 Å². The third-order valence-electron chi connectivity index (χ3n) is 3.92. The standard InChI is InChI=1S/C21H23N3O2S2/c1-3-27-17-10-6-16(7-11-17)14-20-23-24-21(26-20)22-19(25)12-13-28-18-8-4-15(2)5-9-18/h4-11H,3,12-14H2,1-2H3,(H,22,24,25). The molecule has 7 heteroatoms. The molecule has 3 aromatic rings. The molecule has 1 heterocycles. The number of benzene rings is 2. The summed E-state index contributed by atoms with van der Waals surface area (Å²) < 4.78 is 5.55. The summed E-state index contributed by atoms with van der Waals surface area (Å²) in [6, 6.07) is 16.7. The molecule has 0 atom stereocenters. The van der Waals surface area contributed by atoms with E-state index in [1.165, 1.54) is 10.5 Å². The smallest absolute Gasteiger partial charge is 0.322 e. The van der Waals surface area contributed by atoms with Crippen LogP contribution in [0.5, 0.6) is 0 Å². The number of nitrogens with zero attached hydrogens (tertiary/aromatic N) is 2. The van der Waals surface area contributed by atoms with Gasteiger partial charge in [0.15, 0.2) is 0 Å². The maximum atomic E-state index is 12.1. The lowest BCUT2D eigenvalue weighted by atomic mass is 10.1. The average Bonchev–Trinajstić information content (AvgIpc) is 3.12. The summed E-state index contributed by atoms with van der Waals surface area (Å²) in [5.74, 6) is 2.10. The van der Waals surface area contributed by atoms with Crippen molar-refractivity contribution < 1.29 is 9.21 Å². The van der Waals surface area contributed by atoms with Gasteiger partial charge < -0.3 is 4.42 Å². The first-order valence-corrected chi connectivity index (χ1v) is 11.1. The van der Waals surface area contributed by atoms with Crippen LogP contribution in [0.3, 0.4) is 0 Å². The summed E-state index contributed by atoms with van der Waals surface area (Å²) in [7, 11) is 0. The first-order valence-electron chi connectivity index (χ1n) is 9.16. The number of anilines is 1. The third-order valence-corrected chi connectivity index (χ3v) is 5.83. The summed E-state index contributed by atoms with van der Waals surface area (Å²) in [5.41, 5.74) is 2.32. The van der Waals surface area contributed by atoms with Crippen molar-refractivity contribution >= 4 is 35.4 Å². The van der Waals surface area contributed by atoms with Crippen LogP contribution in [0.15, 0.2) is 62.7 Å². The zero-order valence-corrected chi connectivity index (χ0v) is 17.6. The Balaban J connectivity index is 1.44. The fourth-order valence-corrected chi connectivity index (χ4v) is 4.01. The van der Waals surface area contributed by atoms with Crippen molar-refractivity contribution in [3.05, 3.63) is 65.5 Å². The van der Waals surface area contributed by atoms with E-state index in [0.29, 0.717) is 24.5 Å². The number of hydrogen-bond acceptors (Lipinski definition) is 6. The van der Waals surface area contributed by atoms with Gasteiger partial charge >= 0.3 is 6.01 Å². The number of aromatic nitrogens is 2. The Hall–Kier alpha value is -2.25. The van der Waals surface area contributed by atoms with Gasteiger partial charge in [-0.2, -0.15) is 0 Å². The van der Waals surface area contributed by atoms with E-state index < -0.39 is 0 Å². The molecule has 0 saturated heterocycles. The topological polar surface area (TPSA) is 68.0 Å². The van der Waals surface area contributed by atoms with Gasteiger partial charge in [-0.3, -0.25) is 10.1 Å². The van der Waals surface area contributed by atoms with E-state index in [9.17, 15) is 4.79 Å². The van der Waals surface area contributed by atoms with Crippen molar-refractivity contribution in [1.82, 2.24) is 10.2 Å². The van der Waals surface area contributed by atoms with Crippen molar-refractivity contribution in [2.75, 3.05) is 16.8 Å². The molecule has 1 amide bonds. The number of aryl methyl sites for hydroxylation is 1. The largest absolute Gasteiger partial charge is 0.407 e. The molecule has 1 aromatic heterocycles. The molecule has 0 spiro atoms. The predicted molar refractivity (Wildman–Crippen MR) is 115 cm³/mol. The van der Waals surface area contributed by atoms with Gasteiger partial charge in [0.05, 0.1) is 6.42 Å². The van der Waals surface area contributed by atoms with Gasteiger partial charge in [-0.25, -0.2) is 0 Å². The summed E-state index contributed by atoms with van der Waals surface area (Å²) in [6.45, 7) is 4.19. The van der Waals surface area contributed by atoms with Gasteiger partial charge in [-0.05, 0) is 42.5 Å². The molecule has 0 aliphatic rings. The summed E-state index contributed by atoms with van der Waals surface area (Å²) in [4.78, 5) is 14.5. The molecular weight excluding hydrogens is 390 g/mol. The minimum atomic E-state index is -0.129. The van der Waals surface area contributed by atoms with Crippen molar-refractivity contribution in [1.29, 1.82) is 0 Å². The minimum absolute atomic E-state index is 0.129. The molecule has 5 nitrogen and oxygen atoms in total. The van der Waals surface area contributed by atoms with Crippen molar-refractivity contribution in [2.45, 2.75) is 36.5 Å². The van der Waals surface area contributed by atoms with Crippen LogP contribution in [0.2, 0.25) is 0 Å². The highest BCUT2D eigenvalue weighted by Crippen LogP contribution is 2.20. The Labute approximate surface area is 173 Å². The molecule has 2 aromatic carbocycles. The molecule has 0 unspecified atom stereocenters. The minimum Gasteiger partial charge on any atom is -0.407 e. The highest BCUT2D eigenvalue weighted by atomic mass is 32.2. The number of nitrogens with one attached hydrogen (secondary N) is 1. The van der Waals surface area contributed by atoms with Crippen molar-refractivity contribution in [3.8, 4) is 0 Å². The molecule has 0 fully saturated rings. The third kappa shape index (κ3) is 6.42. The summed E-state index contributed by atoms with van der Waals surface area (Å²) in [6.07, 6.45) is 0.927. The molecular formula is C21H23N3O2S2. The van der Waals surface area contributed by atoms with Crippen molar-refractivity contribution in [3.63, 3.8) is 0 Å². The second-order valence-electron chi connectivity index (χ2n) is 6.21. The maximum absolute atomic E-state index is 12.1. The van der Waals surface area contributed by atoms with Gasteiger partial charge in [-0.15, -0.1) is 28.6 Å². The molecule has 0 bridgehead atoms.